The summed E-state index contributed by atoms with van der Waals surface area (Å²) in [6.07, 6.45) is 17.2. The van der Waals surface area contributed by atoms with Crippen molar-refractivity contribution < 1.29 is 23.9 Å². The van der Waals surface area contributed by atoms with Crippen molar-refractivity contribution in [2.75, 3.05) is 13.2 Å². The third-order valence-corrected chi connectivity index (χ3v) is 5.15. The number of carbonyl (C=O) groups is 3. The van der Waals surface area contributed by atoms with Crippen LogP contribution in [0.15, 0.2) is 0 Å². The van der Waals surface area contributed by atoms with Crippen LogP contribution < -0.4 is 5.32 Å². The molecule has 32 heavy (non-hydrogen) atoms. The third kappa shape index (κ3) is 24.7. The van der Waals surface area contributed by atoms with Crippen LogP contribution in [0.2, 0.25) is 0 Å². The highest BCUT2D eigenvalue weighted by molar-refractivity contribution is 5.76. The Morgan fingerprint density at radius 3 is 1.59 bits per heavy atom. The van der Waals surface area contributed by atoms with Gasteiger partial charge in [-0.1, -0.05) is 70.6 Å². The fourth-order valence-electron chi connectivity index (χ4n) is 3.49. The molecule has 0 aromatic carbocycles. The van der Waals surface area contributed by atoms with E-state index in [2.05, 4.69) is 5.32 Å². The number of carbonyl (C=O) groups excluding carboxylic acids is 3. The lowest BCUT2D eigenvalue weighted by molar-refractivity contribution is -0.155. The summed E-state index contributed by atoms with van der Waals surface area (Å²) in [5.41, 5.74) is -0.449. The number of hydrogen-bond acceptors (Lipinski definition) is 5. The summed E-state index contributed by atoms with van der Waals surface area (Å²) >= 11 is 0. The topological polar surface area (TPSA) is 81.7 Å². The summed E-state index contributed by atoms with van der Waals surface area (Å²) < 4.78 is 10.2. The molecule has 1 N–H and O–H groups in total. The zero-order chi connectivity index (χ0) is 24.1. The second-order valence-corrected chi connectivity index (χ2v) is 9.73. The Morgan fingerprint density at radius 2 is 1.12 bits per heavy atom. The Morgan fingerprint density at radius 1 is 0.656 bits per heavy atom. The maximum Gasteiger partial charge on any atom is 0.306 e. The molecule has 0 saturated carbocycles. The van der Waals surface area contributed by atoms with Crippen LogP contribution in [0.5, 0.6) is 0 Å². The van der Waals surface area contributed by atoms with Gasteiger partial charge < -0.3 is 14.8 Å². The first-order chi connectivity index (χ1) is 15.2. The molecule has 0 aromatic heterocycles. The maximum atomic E-state index is 11.8. The molecule has 0 fully saturated rings. The number of unbranched alkanes of at least 4 members (excludes halogenated alkanes) is 12. The van der Waals surface area contributed by atoms with E-state index in [9.17, 15) is 14.4 Å². The average molecular weight is 456 g/mol. The predicted molar refractivity (Wildman–Crippen MR) is 129 cm³/mol. The van der Waals surface area contributed by atoms with Gasteiger partial charge in [0.25, 0.3) is 0 Å². The van der Waals surface area contributed by atoms with Crippen molar-refractivity contribution in [1.29, 1.82) is 0 Å². The minimum atomic E-state index is -0.449. The lowest BCUT2D eigenvalue weighted by atomic mass is 10.0. The van der Waals surface area contributed by atoms with Crippen LogP contribution in [0.4, 0.5) is 0 Å². The van der Waals surface area contributed by atoms with E-state index in [1.807, 2.05) is 20.8 Å². The lowest BCUT2D eigenvalue weighted by Gasteiger charge is -2.19. The number of ether oxygens (including phenoxy) is 2. The van der Waals surface area contributed by atoms with Crippen LogP contribution in [-0.2, 0) is 23.9 Å². The lowest BCUT2D eigenvalue weighted by Crippen LogP contribution is -2.26. The number of amides is 1. The van der Waals surface area contributed by atoms with Gasteiger partial charge in [0, 0.05) is 26.3 Å². The van der Waals surface area contributed by atoms with Crippen LogP contribution >= 0.6 is 0 Å². The Balaban J connectivity index is 3.27. The Bertz CT molecular complexity index is 499. The van der Waals surface area contributed by atoms with E-state index in [1.165, 1.54) is 64.7 Å². The summed E-state index contributed by atoms with van der Waals surface area (Å²) in [4.78, 5) is 34.1. The SMILES string of the molecule is CC(=O)OCCCCCCCCCCCCCCCC(=O)NCCCC(=O)OC(C)(C)C. The summed E-state index contributed by atoms with van der Waals surface area (Å²) in [6.45, 7) is 8.12. The monoisotopic (exact) mass is 455 g/mol. The van der Waals surface area contributed by atoms with E-state index >= 15 is 0 Å². The van der Waals surface area contributed by atoms with Crippen LogP contribution in [0.1, 0.15) is 130 Å². The number of rotatable bonds is 20. The van der Waals surface area contributed by atoms with Crippen LogP contribution in [0, 0.1) is 0 Å². The molecular weight excluding hydrogens is 406 g/mol. The Hall–Kier alpha value is -1.59. The summed E-state index contributed by atoms with van der Waals surface area (Å²) in [5, 5.41) is 2.89. The van der Waals surface area contributed by atoms with Gasteiger partial charge in [-0.3, -0.25) is 14.4 Å². The predicted octanol–water partition coefficient (Wildman–Crippen LogP) is 6.25. The van der Waals surface area contributed by atoms with Gasteiger partial charge in [0.15, 0.2) is 0 Å². The first-order valence-corrected chi connectivity index (χ1v) is 12.8. The summed E-state index contributed by atoms with van der Waals surface area (Å²) in [6, 6.07) is 0. The van der Waals surface area contributed by atoms with Crippen molar-refractivity contribution >= 4 is 17.8 Å². The van der Waals surface area contributed by atoms with Crippen LogP contribution in [0.25, 0.3) is 0 Å². The zero-order valence-corrected chi connectivity index (χ0v) is 21.3. The van der Waals surface area contributed by atoms with Crippen molar-refractivity contribution in [2.45, 2.75) is 136 Å². The van der Waals surface area contributed by atoms with E-state index < -0.39 is 5.60 Å². The average Bonchev–Trinajstić information content (AvgIpc) is 2.69. The van der Waals surface area contributed by atoms with Crippen molar-refractivity contribution in [3.63, 3.8) is 0 Å². The maximum absolute atomic E-state index is 11.8. The fourth-order valence-corrected chi connectivity index (χ4v) is 3.49. The molecule has 0 spiro atoms. The molecule has 188 valence electrons. The van der Waals surface area contributed by atoms with E-state index in [0.29, 0.717) is 32.4 Å². The molecular formula is C26H49NO5. The zero-order valence-electron chi connectivity index (χ0n) is 21.3. The summed E-state index contributed by atoms with van der Waals surface area (Å²) in [5.74, 6) is -0.306. The van der Waals surface area contributed by atoms with Gasteiger partial charge >= 0.3 is 11.9 Å². The molecule has 0 aliphatic rings. The first-order valence-electron chi connectivity index (χ1n) is 12.8. The quantitative estimate of drug-likeness (QED) is 0.173. The van der Waals surface area contributed by atoms with Gasteiger partial charge in [-0.2, -0.15) is 0 Å². The molecule has 0 heterocycles. The molecule has 0 aliphatic carbocycles. The molecule has 0 aromatic rings. The van der Waals surface area contributed by atoms with Crippen molar-refractivity contribution in [3.8, 4) is 0 Å². The molecule has 1 amide bonds. The van der Waals surface area contributed by atoms with Gasteiger partial charge in [0.05, 0.1) is 6.61 Å². The van der Waals surface area contributed by atoms with Crippen LogP contribution in [-0.4, -0.2) is 36.6 Å². The molecule has 6 nitrogen and oxygen atoms in total. The van der Waals surface area contributed by atoms with Gasteiger partial charge in [0.1, 0.15) is 5.60 Å². The van der Waals surface area contributed by atoms with Gasteiger partial charge in [-0.25, -0.2) is 0 Å². The molecule has 0 aliphatic heterocycles. The Kier molecular flexibility index (Phi) is 19.1. The highest BCUT2D eigenvalue weighted by Gasteiger charge is 2.15. The van der Waals surface area contributed by atoms with Gasteiger partial charge in [0.2, 0.25) is 5.91 Å². The van der Waals surface area contributed by atoms with E-state index in [0.717, 1.165) is 25.7 Å². The molecule has 0 rings (SSSR count). The van der Waals surface area contributed by atoms with E-state index in [-0.39, 0.29) is 17.8 Å². The molecule has 6 heteroatoms. The number of hydrogen-bond donors (Lipinski definition) is 1. The molecule has 0 atom stereocenters. The minimum Gasteiger partial charge on any atom is -0.466 e. The smallest absolute Gasteiger partial charge is 0.306 e. The van der Waals surface area contributed by atoms with Gasteiger partial charge in [-0.15, -0.1) is 0 Å². The summed E-state index contributed by atoms with van der Waals surface area (Å²) in [7, 11) is 0. The number of esters is 2. The molecule has 0 bridgehead atoms. The van der Waals surface area contributed by atoms with E-state index in [1.54, 1.807) is 0 Å². The Labute approximate surface area is 196 Å². The normalized spacial score (nSPS) is 11.2. The molecule has 0 saturated heterocycles. The minimum absolute atomic E-state index is 0.0839. The third-order valence-electron chi connectivity index (χ3n) is 5.15. The van der Waals surface area contributed by atoms with Crippen molar-refractivity contribution in [1.82, 2.24) is 5.32 Å². The standard InChI is InChI=1S/C26H49NO5/c1-23(28)31-22-17-15-13-11-9-7-5-6-8-10-12-14-16-19-24(29)27-21-18-20-25(30)32-26(2,3)4/h5-22H2,1-4H3,(H,27,29). The van der Waals surface area contributed by atoms with Crippen LogP contribution in [0.3, 0.4) is 0 Å². The second kappa shape index (κ2) is 20.0. The molecule has 0 unspecified atom stereocenters. The van der Waals surface area contributed by atoms with E-state index in [4.69, 9.17) is 9.47 Å². The highest BCUT2D eigenvalue weighted by Crippen LogP contribution is 2.13. The van der Waals surface area contributed by atoms with Crippen molar-refractivity contribution in [3.05, 3.63) is 0 Å². The fraction of sp³-hybridized carbons (Fsp3) is 0.885. The van der Waals surface area contributed by atoms with Gasteiger partial charge in [-0.05, 0) is 40.0 Å². The van der Waals surface area contributed by atoms with Crippen molar-refractivity contribution in [2.24, 2.45) is 0 Å². The first kappa shape index (κ1) is 30.4. The number of nitrogens with one attached hydrogen (secondary N) is 1. The highest BCUT2D eigenvalue weighted by atomic mass is 16.6. The second-order valence-electron chi connectivity index (χ2n) is 9.73. The molecule has 0 radical (unpaired) electrons. The largest absolute Gasteiger partial charge is 0.466 e.